The highest BCUT2D eigenvalue weighted by atomic mass is 16.5. The standard InChI is InChI=1S/C22H20N4O5/c1-30-17-9-7-15(8-10-17)20(27)26-24-14-19-12-11-18(31-19)13-23-21(28)22(29)25-16-5-3-2-4-6-16/h2-12,14H,13H2,1H3,(H,23,28)(H,25,29)(H,26,27)/b24-14-. The fourth-order valence-electron chi connectivity index (χ4n) is 2.48. The van der Waals surface area contributed by atoms with Crippen molar-refractivity contribution in [1.82, 2.24) is 10.7 Å². The minimum atomic E-state index is -0.790. The van der Waals surface area contributed by atoms with Gasteiger partial charge in [-0.3, -0.25) is 14.4 Å². The van der Waals surface area contributed by atoms with Crippen LogP contribution in [-0.4, -0.2) is 31.0 Å². The summed E-state index contributed by atoms with van der Waals surface area (Å²) in [7, 11) is 1.54. The van der Waals surface area contributed by atoms with Crippen LogP contribution in [0.3, 0.4) is 0 Å². The van der Waals surface area contributed by atoms with Crippen molar-refractivity contribution in [1.29, 1.82) is 0 Å². The number of ether oxygens (including phenoxy) is 1. The first kappa shape index (κ1) is 21.3. The van der Waals surface area contributed by atoms with Crippen molar-refractivity contribution in [3.05, 3.63) is 83.8 Å². The molecule has 3 aromatic rings. The maximum Gasteiger partial charge on any atom is 0.313 e. The highest BCUT2D eigenvalue weighted by molar-refractivity contribution is 6.39. The van der Waals surface area contributed by atoms with Crippen molar-refractivity contribution < 1.29 is 23.5 Å². The molecule has 0 spiro atoms. The highest BCUT2D eigenvalue weighted by Gasteiger charge is 2.14. The maximum absolute atomic E-state index is 12.0. The molecule has 3 amide bonds. The van der Waals surface area contributed by atoms with E-state index in [2.05, 4.69) is 21.2 Å². The molecule has 1 aromatic heterocycles. The first-order valence-electron chi connectivity index (χ1n) is 9.25. The van der Waals surface area contributed by atoms with Crippen LogP contribution in [0.4, 0.5) is 5.69 Å². The van der Waals surface area contributed by atoms with Gasteiger partial charge in [0.25, 0.3) is 5.91 Å². The molecule has 0 radical (unpaired) electrons. The topological polar surface area (TPSA) is 122 Å². The Kier molecular flexibility index (Phi) is 7.15. The second-order valence-corrected chi connectivity index (χ2v) is 6.23. The average Bonchev–Trinajstić information content (AvgIpc) is 3.25. The molecule has 0 unspecified atom stereocenters. The van der Waals surface area contributed by atoms with Gasteiger partial charge in [0.05, 0.1) is 19.9 Å². The molecule has 3 N–H and O–H groups in total. The Morgan fingerprint density at radius 3 is 2.42 bits per heavy atom. The maximum atomic E-state index is 12.0. The van der Waals surface area contributed by atoms with Crippen molar-refractivity contribution in [2.24, 2.45) is 5.10 Å². The minimum absolute atomic E-state index is 0.0209. The summed E-state index contributed by atoms with van der Waals surface area (Å²) in [4.78, 5) is 35.8. The highest BCUT2D eigenvalue weighted by Crippen LogP contribution is 2.11. The molecule has 0 bridgehead atoms. The molecule has 0 saturated carbocycles. The van der Waals surface area contributed by atoms with E-state index in [-0.39, 0.29) is 12.5 Å². The van der Waals surface area contributed by atoms with Crippen molar-refractivity contribution in [2.75, 3.05) is 12.4 Å². The van der Waals surface area contributed by atoms with Crippen LogP contribution in [0.5, 0.6) is 5.75 Å². The molecule has 31 heavy (non-hydrogen) atoms. The number of furan rings is 1. The van der Waals surface area contributed by atoms with Gasteiger partial charge in [0, 0.05) is 11.3 Å². The Morgan fingerprint density at radius 2 is 1.71 bits per heavy atom. The smallest absolute Gasteiger partial charge is 0.313 e. The lowest BCUT2D eigenvalue weighted by atomic mass is 10.2. The fraction of sp³-hybridized carbons (Fsp3) is 0.0909. The molecule has 9 nitrogen and oxygen atoms in total. The molecule has 3 rings (SSSR count). The number of nitrogens with one attached hydrogen (secondary N) is 3. The third-order valence-corrected chi connectivity index (χ3v) is 4.05. The lowest BCUT2D eigenvalue weighted by molar-refractivity contribution is -0.136. The minimum Gasteiger partial charge on any atom is -0.497 e. The van der Waals surface area contributed by atoms with E-state index in [9.17, 15) is 14.4 Å². The lowest BCUT2D eigenvalue weighted by Crippen LogP contribution is -2.34. The summed E-state index contributed by atoms with van der Waals surface area (Å²) in [6.07, 6.45) is 1.33. The summed E-state index contributed by atoms with van der Waals surface area (Å²) in [6, 6.07) is 18.5. The summed E-state index contributed by atoms with van der Waals surface area (Å²) in [5.74, 6) is -0.519. The van der Waals surface area contributed by atoms with Gasteiger partial charge in [0.1, 0.15) is 17.3 Å². The second kappa shape index (κ2) is 10.4. The SMILES string of the molecule is COc1ccc(C(=O)N/N=C\c2ccc(CNC(=O)C(=O)Nc3ccccc3)o2)cc1. The van der Waals surface area contributed by atoms with Crippen LogP contribution >= 0.6 is 0 Å². The number of benzene rings is 2. The molecular weight excluding hydrogens is 400 g/mol. The van der Waals surface area contributed by atoms with E-state index in [0.717, 1.165) is 0 Å². The van der Waals surface area contributed by atoms with E-state index >= 15 is 0 Å². The van der Waals surface area contributed by atoms with Crippen LogP contribution in [0.2, 0.25) is 0 Å². The van der Waals surface area contributed by atoms with Gasteiger partial charge in [-0.1, -0.05) is 18.2 Å². The Bertz CT molecular complexity index is 1070. The van der Waals surface area contributed by atoms with Crippen molar-refractivity contribution in [3.63, 3.8) is 0 Å². The summed E-state index contributed by atoms with van der Waals surface area (Å²) in [5.41, 5.74) is 3.34. The van der Waals surface area contributed by atoms with Crippen LogP contribution in [0, 0.1) is 0 Å². The zero-order valence-electron chi connectivity index (χ0n) is 16.6. The molecule has 0 aliphatic heterocycles. The molecule has 2 aromatic carbocycles. The third-order valence-electron chi connectivity index (χ3n) is 4.05. The Labute approximate surface area is 178 Å². The van der Waals surface area contributed by atoms with E-state index < -0.39 is 11.8 Å². The second-order valence-electron chi connectivity index (χ2n) is 6.23. The molecule has 9 heteroatoms. The van der Waals surface area contributed by atoms with Crippen LogP contribution in [0.25, 0.3) is 0 Å². The van der Waals surface area contributed by atoms with Gasteiger partial charge >= 0.3 is 11.8 Å². The number of nitrogens with zero attached hydrogens (tertiary/aromatic N) is 1. The number of hydrazone groups is 1. The van der Waals surface area contributed by atoms with E-state index in [1.54, 1.807) is 73.8 Å². The number of hydrogen-bond acceptors (Lipinski definition) is 6. The number of methoxy groups -OCH3 is 1. The summed E-state index contributed by atoms with van der Waals surface area (Å²) in [6.45, 7) is 0.0209. The summed E-state index contributed by atoms with van der Waals surface area (Å²) >= 11 is 0. The first-order chi connectivity index (χ1) is 15.0. The van der Waals surface area contributed by atoms with Gasteiger partial charge in [-0.2, -0.15) is 5.10 Å². The number of amides is 3. The van der Waals surface area contributed by atoms with Crippen molar-refractivity contribution >= 4 is 29.6 Å². The monoisotopic (exact) mass is 420 g/mol. The van der Waals surface area contributed by atoms with Crippen molar-refractivity contribution in [3.8, 4) is 5.75 Å². The van der Waals surface area contributed by atoms with Crippen molar-refractivity contribution in [2.45, 2.75) is 6.54 Å². The predicted octanol–water partition coefficient (Wildman–Crippen LogP) is 2.31. The third kappa shape index (κ3) is 6.29. The number of anilines is 1. The first-order valence-corrected chi connectivity index (χ1v) is 9.25. The van der Waals surface area contributed by atoms with Crippen LogP contribution in [-0.2, 0) is 16.1 Å². The quantitative estimate of drug-likeness (QED) is 0.308. The van der Waals surface area contributed by atoms with E-state index in [1.807, 2.05) is 0 Å². The van der Waals surface area contributed by atoms with Gasteiger partial charge in [-0.25, -0.2) is 5.43 Å². The van der Waals surface area contributed by atoms with E-state index in [4.69, 9.17) is 9.15 Å². The fourth-order valence-corrected chi connectivity index (χ4v) is 2.48. The summed E-state index contributed by atoms with van der Waals surface area (Å²) in [5, 5.41) is 8.80. The summed E-state index contributed by atoms with van der Waals surface area (Å²) < 4.78 is 10.5. The molecule has 0 aliphatic carbocycles. The normalized spacial score (nSPS) is 10.5. The number of rotatable bonds is 7. The van der Waals surface area contributed by atoms with Crippen LogP contribution in [0.1, 0.15) is 21.9 Å². The molecule has 0 fully saturated rings. The molecule has 1 heterocycles. The van der Waals surface area contributed by atoms with Gasteiger partial charge in [-0.15, -0.1) is 0 Å². The molecular formula is C22H20N4O5. The van der Waals surface area contributed by atoms with E-state index in [0.29, 0.717) is 28.5 Å². The van der Waals surface area contributed by atoms with Gasteiger partial charge < -0.3 is 19.8 Å². The van der Waals surface area contributed by atoms with E-state index in [1.165, 1.54) is 6.21 Å². The largest absolute Gasteiger partial charge is 0.497 e. The predicted molar refractivity (Wildman–Crippen MR) is 114 cm³/mol. The molecule has 0 aliphatic rings. The van der Waals surface area contributed by atoms with Gasteiger partial charge in [0.2, 0.25) is 0 Å². The zero-order chi connectivity index (χ0) is 22.1. The van der Waals surface area contributed by atoms with Gasteiger partial charge in [-0.05, 0) is 48.5 Å². The number of para-hydroxylation sites is 1. The zero-order valence-corrected chi connectivity index (χ0v) is 16.6. The Morgan fingerprint density at radius 1 is 0.968 bits per heavy atom. The molecule has 0 saturated heterocycles. The number of hydrogen-bond donors (Lipinski definition) is 3. The lowest BCUT2D eigenvalue weighted by Gasteiger charge is -2.05. The Hall–Kier alpha value is -4.40. The number of carbonyl (C=O) groups is 3. The van der Waals surface area contributed by atoms with Crippen LogP contribution < -0.4 is 20.8 Å². The molecule has 0 atom stereocenters. The van der Waals surface area contributed by atoms with Gasteiger partial charge in [0.15, 0.2) is 0 Å². The Balaban J connectivity index is 1.45. The number of carbonyl (C=O) groups excluding carboxylic acids is 3. The molecule has 158 valence electrons. The van der Waals surface area contributed by atoms with Crippen LogP contribution in [0.15, 0.2) is 76.2 Å². The average molecular weight is 420 g/mol.